The van der Waals surface area contributed by atoms with Crippen molar-refractivity contribution in [2.24, 2.45) is 5.92 Å². The van der Waals surface area contributed by atoms with Crippen LogP contribution in [-0.4, -0.2) is 23.4 Å². The SMILES string of the molecule is C=CCC1(Cc2ccccc2)C(/C=C/C=C2/N(CCC(C)C)c3ccc4ccccc4c3C2(CC=C)Cc2ccccc2)=[N+](CCCC)c2ccc3ccccc3c21. The number of hydrogen-bond donors (Lipinski definition) is 0. The third-order valence-electron chi connectivity index (χ3n) is 12.8. The van der Waals surface area contributed by atoms with Gasteiger partial charge in [-0.15, -0.1) is 13.2 Å². The van der Waals surface area contributed by atoms with E-state index in [1.54, 1.807) is 0 Å². The van der Waals surface area contributed by atoms with Gasteiger partial charge in [-0.1, -0.05) is 161 Å². The first-order valence-electron chi connectivity index (χ1n) is 21.6. The maximum atomic E-state index is 4.42. The number of rotatable bonds is 16. The highest BCUT2D eigenvalue weighted by Crippen LogP contribution is 2.55. The molecule has 0 saturated carbocycles. The minimum absolute atomic E-state index is 0.295. The van der Waals surface area contributed by atoms with E-state index < -0.39 is 0 Å². The molecule has 6 aromatic rings. The first kappa shape index (κ1) is 39.1. The third kappa shape index (κ3) is 7.08. The van der Waals surface area contributed by atoms with E-state index in [-0.39, 0.29) is 10.8 Å². The van der Waals surface area contributed by atoms with Crippen LogP contribution >= 0.6 is 0 Å². The molecule has 58 heavy (non-hydrogen) atoms. The highest BCUT2D eigenvalue weighted by atomic mass is 15.2. The fraction of sp³-hybridized carbons (Fsp3) is 0.268. The van der Waals surface area contributed by atoms with E-state index in [1.165, 1.54) is 66.6 Å². The molecule has 2 atom stereocenters. The van der Waals surface area contributed by atoms with Crippen LogP contribution in [0.2, 0.25) is 0 Å². The second-order valence-electron chi connectivity index (χ2n) is 17.0. The van der Waals surface area contributed by atoms with Gasteiger partial charge in [0.2, 0.25) is 5.69 Å². The number of anilines is 1. The van der Waals surface area contributed by atoms with Gasteiger partial charge in [-0.25, -0.2) is 0 Å². The van der Waals surface area contributed by atoms with Crippen molar-refractivity contribution in [2.45, 2.75) is 76.5 Å². The lowest BCUT2D eigenvalue weighted by atomic mass is 9.69. The summed E-state index contributed by atoms with van der Waals surface area (Å²) in [6.07, 6.45) is 18.5. The molecule has 2 nitrogen and oxygen atoms in total. The zero-order valence-electron chi connectivity index (χ0n) is 34.8. The summed E-state index contributed by atoms with van der Waals surface area (Å²) in [7, 11) is 0. The summed E-state index contributed by atoms with van der Waals surface area (Å²) in [5.74, 6) is 0.580. The number of benzene rings is 6. The Balaban J connectivity index is 1.37. The predicted molar refractivity (Wildman–Crippen MR) is 250 cm³/mol. The predicted octanol–water partition coefficient (Wildman–Crippen LogP) is 14.0. The number of unbranched alkanes of at least 4 members (excludes halogenated alkanes) is 1. The van der Waals surface area contributed by atoms with E-state index in [0.29, 0.717) is 5.92 Å². The van der Waals surface area contributed by atoms with E-state index in [9.17, 15) is 0 Å². The average molecular weight is 760 g/mol. The van der Waals surface area contributed by atoms with Crippen LogP contribution in [-0.2, 0) is 23.7 Å². The molecule has 292 valence electrons. The normalized spacial score (nSPS) is 19.5. The van der Waals surface area contributed by atoms with Gasteiger partial charge in [0, 0.05) is 47.5 Å². The molecule has 0 amide bonds. The Morgan fingerprint density at radius 3 is 1.84 bits per heavy atom. The lowest BCUT2D eigenvalue weighted by molar-refractivity contribution is -0.438. The topological polar surface area (TPSA) is 6.25 Å². The van der Waals surface area contributed by atoms with Gasteiger partial charge in [0.25, 0.3) is 0 Å². The van der Waals surface area contributed by atoms with Crippen molar-refractivity contribution in [3.05, 3.63) is 205 Å². The molecule has 2 heterocycles. The zero-order chi connectivity index (χ0) is 40.1. The molecular formula is C56H59N2+. The monoisotopic (exact) mass is 759 g/mol. The molecule has 0 radical (unpaired) electrons. The van der Waals surface area contributed by atoms with Crippen molar-refractivity contribution in [2.75, 3.05) is 18.0 Å². The summed E-state index contributed by atoms with van der Waals surface area (Å²) in [5, 5.41) is 5.26. The number of fused-ring (bicyclic) bond motifs is 6. The average Bonchev–Trinajstić information content (AvgIpc) is 3.65. The van der Waals surface area contributed by atoms with Gasteiger partial charge in [0.05, 0.1) is 5.41 Å². The summed E-state index contributed by atoms with van der Waals surface area (Å²) < 4.78 is 2.65. The van der Waals surface area contributed by atoms with Crippen LogP contribution in [0.25, 0.3) is 21.5 Å². The van der Waals surface area contributed by atoms with Crippen LogP contribution in [0.3, 0.4) is 0 Å². The Morgan fingerprint density at radius 1 is 0.655 bits per heavy atom. The van der Waals surface area contributed by atoms with Crippen molar-refractivity contribution < 1.29 is 4.58 Å². The standard InChI is InChI=1S/C56H59N2/c1-6-9-38-57-49-33-31-45-25-16-18-27-47(45)53(49)55(36-7-2,40-43-21-12-10-13-22-43)51(57)29-20-30-52-56(37-8-3,41-44-23-14-11-15-24-44)54-48-28-19-17-26-46(48)32-34-50(54)58(52)39-35-42(4)5/h7-8,10-34,42H,2-3,6,9,35-41H2,1,4-5H3/q+1. The molecule has 0 aliphatic carbocycles. The summed E-state index contributed by atoms with van der Waals surface area (Å²) in [6, 6.07) is 49.6. The number of nitrogens with zero attached hydrogens (tertiary/aromatic N) is 2. The van der Waals surface area contributed by atoms with E-state index in [0.717, 1.165) is 58.0 Å². The second kappa shape index (κ2) is 17.0. The first-order valence-corrected chi connectivity index (χ1v) is 21.6. The van der Waals surface area contributed by atoms with Crippen molar-refractivity contribution in [3.8, 4) is 0 Å². The molecule has 2 unspecified atom stereocenters. The smallest absolute Gasteiger partial charge is 0.210 e. The molecule has 0 saturated heterocycles. The minimum atomic E-state index is -0.301. The van der Waals surface area contributed by atoms with E-state index in [2.05, 4.69) is 207 Å². The minimum Gasteiger partial charge on any atom is -0.344 e. The zero-order valence-corrected chi connectivity index (χ0v) is 34.8. The van der Waals surface area contributed by atoms with Gasteiger partial charge in [-0.3, -0.25) is 0 Å². The van der Waals surface area contributed by atoms with Crippen molar-refractivity contribution in [1.29, 1.82) is 0 Å². The fourth-order valence-corrected chi connectivity index (χ4v) is 10.2. The maximum Gasteiger partial charge on any atom is 0.210 e. The van der Waals surface area contributed by atoms with Gasteiger partial charge in [-0.2, -0.15) is 4.58 Å². The van der Waals surface area contributed by atoms with Crippen LogP contribution in [0.15, 0.2) is 183 Å². The largest absolute Gasteiger partial charge is 0.344 e. The van der Waals surface area contributed by atoms with Crippen LogP contribution in [0.1, 0.15) is 75.1 Å². The highest BCUT2D eigenvalue weighted by molar-refractivity contribution is 6.08. The molecule has 6 aromatic carbocycles. The summed E-state index contributed by atoms with van der Waals surface area (Å²) in [5.41, 5.74) is 10.3. The van der Waals surface area contributed by atoms with Gasteiger partial charge in [-0.05, 0) is 94.5 Å². The van der Waals surface area contributed by atoms with Crippen molar-refractivity contribution in [1.82, 2.24) is 0 Å². The Labute approximate surface area is 347 Å². The molecule has 0 bridgehead atoms. The van der Waals surface area contributed by atoms with Crippen LogP contribution in [0, 0.1) is 5.92 Å². The van der Waals surface area contributed by atoms with Crippen molar-refractivity contribution in [3.63, 3.8) is 0 Å². The Bertz CT molecular complexity index is 2520. The lowest BCUT2D eigenvalue weighted by Gasteiger charge is -2.34. The number of hydrogen-bond acceptors (Lipinski definition) is 1. The quantitative estimate of drug-likeness (QED) is 0.0703. The van der Waals surface area contributed by atoms with Gasteiger partial charge in [0.15, 0.2) is 5.71 Å². The Hall–Kier alpha value is -5.73. The van der Waals surface area contributed by atoms with Crippen molar-refractivity contribution >= 4 is 38.6 Å². The summed E-state index contributed by atoms with van der Waals surface area (Å²) in [4.78, 5) is 2.66. The van der Waals surface area contributed by atoms with Crippen LogP contribution in [0.4, 0.5) is 11.4 Å². The molecule has 8 rings (SSSR count). The summed E-state index contributed by atoms with van der Waals surface area (Å²) in [6.45, 7) is 17.8. The van der Waals surface area contributed by atoms with Gasteiger partial charge < -0.3 is 4.90 Å². The Kier molecular flexibility index (Phi) is 11.5. The molecule has 0 N–H and O–H groups in total. The van der Waals surface area contributed by atoms with E-state index in [1.807, 2.05) is 0 Å². The maximum absolute atomic E-state index is 4.42. The molecule has 2 heteroatoms. The van der Waals surface area contributed by atoms with Gasteiger partial charge in [0.1, 0.15) is 6.54 Å². The Morgan fingerprint density at radius 2 is 1.22 bits per heavy atom. The molecule has 2 aliphatic rings. The van der Waals surface area contributed by atoms with Crippen LogP contribution in [0.5, 0.6) is 0 Å². The highest BCUT2D eigenvalue weighted by Gasteiger charge is 2.52. The van der Waals surface area contributed by atoms with Crippen LogP contribution < -0.4 is 4.90 Å². The molecule has 0 aromatic heterocycles. The van der Waals surface area contributed by atoms with E-state index >= 15 is 0 Å². The molecular weight excluding hydrogens is 701 g/mol. The molecule has 0 fully saturated rings. The second-order valence-corrected chi connectivity index (χ2v) is 17.0. The molecule has 0 spiro atoms. The number of allylic oxidation sites excluding steroid dienone is 6. The first-order chi connectivity index (χ1) is 28.4. The fourth-order valence-electron chi connectivity index (χ4n) is 10.2. The van der Waals surface area contributed by atoms with E-state index in [4.69, 9.17) is 0 Å². The molecule has 2 aliphatic heterocycles. The lowest BCUT2D eigenvalue weighted by Crippen LogP contribution is -2.37. The third-order valence-corrected chi connectivity index (χ3v) is 12.8. The van der Waals surface area contributed by atoms with Gasteiger partial charge >= 0.3 is 0 Å². The summed E-state index contributed by atoms with van der Waals surface area (Å²) >= 11 is 0.